The van der Waals surface area contributed by atoms with Crippen LogP contribution in [0, 0.1) is 0 Å². The van der Waals surface area contributed by atoms with Gasteiger partial charge in [0.2, 0.25) is 0 Å². The molecule has 0 saturated heterocycles. The Labute approximate surface area is 110 Å². The van der Waals surface area contributed by atoms with Crippen molar-refractivity contribution < 1.29 is 32.0 Å². The number of nitrogen functional groups attached to an aromatic ring is 1. The average molecular weight is 311 g/mol. The van der Waals surface area contributed by atoms with Crippen LogP contribution in [0.5, 0.6) is 5.75 Å². The van der Waals surface area contributed by atoms with Crippen LogP contribution in [-0.2, 0) is 18.9 Å². The number of rotatable bonds is 6. The van der Waals surface area contributed by atoms with Crippen molar-refractivity contribution in [2.24, 2.45) is 0 Å². The molecule has 1 rings (SSSR count). The largest absolute Gasteiger partial charge is 0.495 e. The topological polar surface area (TPSA) is 136 Å². The van der Waals surface area contributed by atoms with Gasteiger partial charge < -0.3 is 20.3 Å². The summed E-state index contributed by atoms with van der Waals surface area (Å²) in [6.07, 6.45) is 0. The van der Waals surface area contributed by atoms with Gasteiger partial charge in [0.15, 0.2) is 9.84 Å². The maximum absolute atomic E-state index is 11.8. The summed E-state index contributed by atoms with van der Waals surface area (Å²) in [5.74, 6) is -0.227. The molecule has 10 heteroatoms. The molecule has 19 heavy (non-hydrogen) atoms. The van der Waals surface area contributed by atoms with Gasteiger partial charge in [-0.15, -0.1) is 0 Å². The molecule has 1 aromatic carbocycles. The van der Waals surface area contributed by atoms with Crippen molar-refractivity contribution in [3.05, 3.63) is 18.2 Å². The lowest BCUT2D eigenvalue weighted by Crippen LogP contribution is -2.12. The number of ether oxygens (including phenoxy) is 1. The Morgan fingerprint density at radius 3 is 2.47 bits per heavy atom. The van der Waals surface area contributed by atoms with E-state index in [2.05, 4.69) is 4.52 Å². The highest BCUT2D eigenvalue weighted by Gasteiger charge is 2.19. The quantitative estimate of drug-likeness (QED) is 0.499. The number of nitrogens with two attached hydrogens (primary N) is 1. The van der Waals surface area contributed by atoms with Gasteiger partial charge in [-0.1, -0.05) is 0 Å². The smallest absolute Gasteiger partial charge is 0.469 e. The van der Waals surface area contributed by atoms with Crippen LogP contribution in [0.3, 0.4) is 0 Å². The molecular weight excluding hydrogens is 297 g/mol. The molecule has 108 valence electrons. The second-order valence-electron chi connectivity index (χ2n) is 3.55. The molecule has 0 saturated carbocycles. The van der Waals surface area contributed by atoms with Gasteiger partial charge in [0, 0.05) is 0 Å². The fourth-order valence-electron chi connectivity index (χ4n) is 1.29. The van der Waals surface area contributed by atoms with Crippen molar-refractivity contribution in [1.82, 2.24) is 0 Å². The highest BCUT2D eigenvalue weighted by Crippen LogP contribution is 2.35. The first-order chi connectivity index (χ1) is 8.65. The standard InChI is InChI=1S/C9H14NO7PS/c1-16-9-3-2-7(6-8(9)10)19(14,15)5-4-17-18(11,12)13/h2-3,6H,4-5,10H2,1H3,(H2,11,12,13). The van der Waals surface area contributed by atoms with Gasteiger partial charge in [0.25, 0.3) is 0 Å². The van der Waals surface area contributed by atoms with E-state index in [1.165, 1.54) is 25.3 Å². The molecule has 0 radical (unpaired) electrons. The fourth-order valence-corrected chi connectivity index (χ4v) is 2.86. The Bertz CT molecular complexity index is 595. The normalized spacial score (nSPS) is 12.4. The van der Waals surface area contributed by atoms with Crippen LogP contribution in [0.4, 0.5) is 5.69 Å². The SMILES string of the molecule is COc1ccc(S(=O)(=O)CCOP(=O)(O)O)cc1N. The summed E-state index contributed by atoms with van der Waals surface area (Å²) in [6, 6.07) is 3.90. The zero-order chi connectivity index (χ0) is 14.7. The molecule has 0 spiro atoms. The van der Waals surface area contributed by atoms with Crippen molar-refractivity contribution in [2.45, 2.75) is 4.90 Å². The molecule has 0 heterocycles. The van der Waals surface area contributed by atoms with E-state index < -0.39 is 30.0 Å². The average Bonchev–Trinajstić information content (AvgIpc) is 2.26. The number of anilines is 1. The van der Waals surface area contributed by atoms with E-state index in [1.54, 1.807) is 0 Å². The lowest BCUT2D eigenvalue weighted by molar-refractivity contribution is 0.207. The van der Waals surface area contributed by atoms with Crippen molar-refractivity contribution in [1.29, 1.82) is 0 Å². The number of benzene rings is 1. The lowest BCUT2D eigenvalue weighted by Gasteiger charge is -2.09. The van der Waals surface area contributed by atoms with Crippen LogP contribution in [0.25, 0.3) is 0 Å². The van der Waals surface area contributed by atoms with Gasteiger partial charge in [-0.2, -0.15) is 0 Å². The molecule has 8 nitrogen and oxygen atoms in total. The van der Waals surface area contributed by atoms with Gasteiger partial charge >= 0.3 is 7.82 Å². The summed E-state index contributed by atoms with van der Waals surface area (Å²) in [6.45, 7) is -0.613. The number of hydrogen-bond acceptors (Lipinski definition) is 6. The van der Waals surface area contributed by atoms with Gasteiger partial charge in [-0.25, -0.2) is 13.0 Å². The van der Waals surface area contributed by atoms with Crippen LogP contribution >= 0.6 is 7.82 Å². The molecule has 0 aliphatic heterocycles. The summed E-state index contributed by atoms with van der Waals surface area (Å²) >= 11 is 0. The van der Waals surface area contributed by atoms with Crippen LogP contribution in [0.2, 0.25) is 0 Å². The molecular formula is C9H14NO7PS. The third-order valence-electron chi connectivity index (χ3n) is 2.17. The molecule has 0 fully saturated rings. The third-order valence-corrected chi connectivity index (χ3v) is 4.37. The predicted octanol–water partition coefficient (Wildman–Crippen LogP) is 0.160. The zero-order valence-electron chi connectivity index (χ0n) is 10.0. The first-order valence-electron chi connectivity index (χ1n) is 5.02. The van der Waals surface area contributed by atoms with Crippen LogP contribution in [-0.4, -0.2) is 37.7 Å². The van der Waals surface area contributed by atoms with E-state index in [9.17, 15) is 13.0 Å². The van der Waals surface area contributed by atoms with Crippen LogP contribution in [0.15, 0.2) is 23.1 Å². The monoisotopic (exact) mass is 311 g/mol. The number of sulfone groups is 1. The maximum atomic E-state index is 11.8. The molecule has 0 unspecified atom stereocenters. The van der Waals surface area contributed by atoms with Crippen LogP contribution < -0.4 is 10.5 Å². The highest BCUT2D eigenvalue weighted by molar-refractivity contribution is 7.91. The number of phosphoric acid groups is 1. The van der Waals surface area contributed by atoms with E-state index >= 15 is 0 Å². The molecule has 1 aromatic rings. The second kappa shape index (κ2) is 5.89. The molecule has 4 N–H and O–H groups in total. The number of phosphoric ester groups is 1. The third kappa shape index (κ3) is 4.81. The molecule has 0 aromatic heterocycles. The van der Waals surface area contributed by atoms with E-state index in [-0.39, 0.29) is 10.6 Å². The summed E-state index contributed by atoms with van der Waals surface area (Å²) in [7, 11) is -7.01. The summed E-state index contributed by atoms with van der Waals surface area (Å²) in [4.78, 5) is 16.8. The molecule has 0 atom stereocenters. The second-order valence-corrected chi connectivity index (χ2v) is 6.89. The minimum absolute atomic E-state index is 0.0693. The van der Waals surface area contributed by atoms with E-state index in [4.69, 9.17) is 20.3 Å². The molecule has 0 bridgehead atoms. The zero-order valence-corrected chi connectivity index (χ0v) is 11.7. The van der Waals surface area contributed by atoms with Gasteiger partial charge in [-0.3, -0.25) is 4.52 Å². The van der Waals surface area contributed by atoms with Gasteiger partial charge in [-0.05, 0) is 18.2 Å². The fraction of sp³-hybridized carbons (Fsp3) is 0.333. The molecule has 0 aliphatic carbocycles. The Kier molecular flexibility index (Phi) is 4.94. The first-order valence-corrected chi connectivity index (χ1v) is 8.20. The lowest BCUT2D eigenvalue weighted by atomic mass is 10.3. The van der Waals surface area contributed by atoms with Crippen molar-refractivity contribution in [3.63, 3.8) is 0 Å². The van der Waals surface area contributed by atoms with Crippen molar-refractivity contribution >= 4 is 23.3 Å². The first kappa shape index (κ1) is 15.9. The Morgan fingerprint density at radius 1 is 1.37 bits per heavy atom. The predicted molar refractivity (Wildman–Crippen MR) is 67.5 cm³/mol. The van der Waals surface area contributed by atoms with Crippen molar-refractivity contribution in [2.75, 3.05) is 25.2 Å². The van der Waals surface area contributed by atoms with Gasteiger partial charge in [0.1, 0.15) is 5.75 Å². The molecule has 0 amide bonds. The number of methoxy groups -OCH3 is 1. The van der Waals surface area contributed by atoms with Crippen LogP contribution in [0.1, 0.15) is 0 Å². The highest BCUT2D eigenvalue weighted by atomic mass is 32.2. The van der Waals surface area contributed by atoms with E-state index in [1.807, 2.05) is 0 Å². The van der Waals surface area contributed by atoms with Crippen molar-refractivity contribution in [3.8, 4) is 5.75 Å². The summed E-state index contributed by atoms with van der Waals surface area (Å²) in [5.41, 5.74) is 5.73. The Hall–Kier alpha value is -1.12. The molecule has 0 aliphatic rings. The summed E-state index contributed by atoms with van der Waals surface area (Å²) < 4.78 is 43.1. The Balaban J connectivity index is 2.83. The van der Waals surface area contributed by atoms with Gasteiger partial charge in [0.05, 0.1) is 30.1 Å². The summed E-state index contributed by atoms with van der Waals surface area (Å²) in [5, 5.41) is 0. The number of hydrogen-bond donors (Lipinski definition) is 3. The van der Waals surface area contributed by atoms with E-state index in [0.717, 1.165) is 0 Å². The minimum atomic E-state index is -4.67. The maximum Gasteiger partial charge on any atom is 0.469 e. The van der Waals surface area contributed by atoms with E-state index in [0.29, 0.717) is 5.75 Å². The minimum Gasteiger partial charge on any atom is -0.495 e. The Morgan fingerprint density at radius 2 is 2.00 bits per heavy atom.